The molecule has 0 spiro atoms. The van der Waals surface area contributed by atoms with Crippen molar-refractivity contribution in [3.63, 3.8) is 0 Å². The van der Waals surface area contributed by atoms with Gasteiger partial charge in [0.2, 0.25) is 0 Å². The Balaban J connectivity index is 1.27. The van der Waals surface area contributed by atoms with Gasteiger partial charge in [-0.25, -0.2) is 0 Å². The van der Waals surface area contributed by atoms with Crippen LogP contribution in [0, 0.1) is 5.41 Å². The highest BCUT2D eigenvalue weighted by atomic mass is 16.3. The van der Waals surface area contributed by atoms with Gasteiger partial charge in [0.15, 0.2) is 5.96 Å². The zero-order valence-corrected chi connectivity index (χ0v) is 16.1. The van der Waals surface area contributed by atoms with Gasteiger partial charge in [-0.3, -0.25) is 5.41 Å². The molecule has 1 unspecified atom stereocenters. The lowest BCUT2D eigenvalue weighted by molar-refractivity contribution is 0.225. The van der Waals surface area contributed by atoms with Crippen LogP contribution in [-0.2, 0) is 0 Å². The first-order valence-electron chi connectivity index (χ1n) is 9.97. The molecule has 4 nitrogen and oxygen atoms in total. The molecule has 4 aromatic carbocycles. The Bertz CT molecular complexity index is 1390. The lowest BCUT2D eigenvalue weighted by atomic mass is 10.0. The highest BCUT2D eigenvalue weighted by Gasteiger charge is 2.26. The number of nitrogens with one attached hydrogen (secondary N) is 3. The SMILES string of the molecule is N=C(Nc1ccc2c(c1)C(O)c1ccccc1-2)Nc1ccc2cccc3c2c1C=C3. The van der Waals surface area contributed by atoms with Crippen molar-refractivity contribution in [3.05, 3.63) is 95.1 Å². The van der Waals surface area contributed by atoms with Crippen LogP contribution in [-0.4, -0.2) is 11.1 Å². The molecule has 0 aromatic heterocycles. The van der Waals surface area contributed by atoms with E-state index in [1.807, 2.05) is 48.5 Å². The van der Waals surface area contributed by atoms with E-state index < -0.39 is 6.10 Å². The van der Waals surface area contributed by atoms with Gasteiger partial charge < -0.3 is 15.7 Å². The first-order valence-corrected chi connectivity index (χ1v) is 9.97. The monoisotopic (exact) mass is 389 g/mol. The van der Waals surface area contributed by atoms with Crippen LogP contribution >= 0.6 is 0 Å². The molecule has 4 heteroatoms. The Hall–Kier alpha value is -3.89. The molecule has 4 aromatic rings. The smallest absolute Gasteiger partial charge is 0.197 e. The van der Waals surface area contributed by atoms with Crippen LogP contribution in [0.2, 0.25) is 0 Å². The highest BCUT2D eigenvalue weighted by molar-refractivity contribution is 6.11. The Morgan fingerprint density at radius 1 is 0.800 bits per heavy atom. The van der Waals surface area contributed by atoms with Gasteiger partial charge in [0, 0.05) is 16.9 Å². The van der Waals surface area contributed by atoms with Gasteiger partial charge in [-0.05, 0) is 56.8 Å². The fourth-order valence-corrected chi connectivity index (χ4v) is 4.60. The number of fused-ring (bicyclic) bond motifs is 3. The minimum atomic E-state index is -0.634. The minimum absolute atomic E-state index is 0.188. The number of benzene rings is 4. The molecule has 2 aliphatic rings. The third kappa shape index (κ3) is 2.48. The van der Waals surface area contributed by atoms with Gasteiger partial charge in [0.05, 0.1) is 0 Å². The number of guanidine groups is 1. The maximum atomic E-state index is 10.7. The number of hydrogen-bond donors (Lipinski definition) is 4. The van der Waals surface area contributed by atoms with Crippen molar-refractivity contribution in [1.29, 1.82) is 5.41 Å². The Kier molecular flexibility index (Phi) is 3.58. The Morgan fingerprint density at radius 3 is 2.60 bits per heavy atom. The summed E-state index contributed by atoms with van der Waals surface area (Å²) in [4.78, 5) is 0. The molecule has 0 bridgehead atoms. The van der Waals surface area contributed by atoms with Crippen molar-refractivity contribution in [3.8, 4) is 11.1 Å². The van der Waals surface area contributed by atoms with E-state index in [2.05, 4.69) is 47.1 Å². The topological polar surface area (TPSA) is 68.1 Å². The molecule has 0 heterocycles. The summed E-state index contributed by atoms with van der Waals surface area (Å²) < 4.78 is 0. The standard InChI is InChI=1S/C26H19N3O/c27-26(29-23-13-9-16-5-3-4-15-8-11-21(23)24(15)16)28-17-10-12-19-18-6-1-2-7-20(18)25(30)22(19)14-17/h1-14,25,30H,(H3,27,28,29). The average molecular weight is 389 g/mol. The molecule has 1 atom stereocenters. The van der Waals surface area contributed by atoms with Crippen molar-refractivity contribution in [2.75, 3.05) is 10.6 Å². The summed E-state index contributed by atoms with van der Waals surface area (Å²) in [6, 6.07) is 24.2. The second-order valence-electron chi connectivity index (χ2n) is 7.72. The van der Waals surface area contributed by atoms with Crippen LogP contribution in [0.3, 0.4) is 0 Å². The summed E-state index contributed by atoms with van der Waals surface area (Å²) in [6.45, 7) is 0. The van der Waals surface area contributed by atoms with Crippen LogP contribution in [0.25, 0.3) is 34.1 Å². The van der Waals surface area contributed by atoms with Crippen molar-refractivity contribution < 1.29 is 5.11 Å². The van der Waals surface area contributed by atoms with Crippen LogP contribution in [0.5, 0.6) is 0 Å². The van der Waals surface area contributed by atoms with Crippen LogP contribution < -0.4 is 10.6 Å². The van der Waals surface area contributed by atoms with Gasteiger partial charge in [-0.2, -0.15) is 0 Å². The third-order valence-electron chi connectivity index (χ3n) is 5.97. The summed E-state index contributed by atoms with van der Waals surface area (Å²) in [5, 5.41) is 27.9. The van der Waals surface area contributed by atoms with E-state index in [9.17, 15) is 5.11 Å². The van der Waals surface area contributed by atoms with E-state index in [0.29, 0.717) is 0 Å². The number of aliphatic hydroxyl groups is 1. The molecule has 144 valence electrons. The first-order chi connectivity index (χ1) is 14.7. The van der Waals surface area contributed by atoms with E-state index >= 15 is 0 Å². The predicted molar refractivity (Wildman–Crippen MR) is 124 cm³/mol. The van der Waals surface area contributed by atoms with Gasteiger partial charge in [-0.15, -0.1) is 0 Å². The second kappa shape index (κ2) is 6.31. The number of rotatable bonds is 2. The number of aliphatic hydroxyl groups excluding tert-OH is 1. The predicted octanol–water partition coefficient (Wildman–Crippen LogP) is 5.84. The van der Waals surface area contributed by atoms with Crippen LogP contribution in [0.1, 0.15) is 28.4 Å². The van der Waals surface area contributed by atoms with Gasteiger partial charge >= 0.3 is 0 Å². The van der Waals surface area contributed by atoms with E-state index in [0.717, 1.165) is 39.2 Å². The van der Waals surface area contributed by atoms with Gasteiger partial charge in [0.25, 0.3) is 0 Å². The summed E-state index contributed by atoms with van der Waals surface area (Å²) in [5.41, 5.74) is 7.89. The summed E-state index contributed by atoms with van der Waals surface area (Å²) >= 11 is 0. The molecule has 30 heavy (non-hydrogen) atoms. The Labute approximate surface area is 174 Å². The van der Waals surface area contributed by atoms with Crippen molar-refractivity contribution in [2.45, 2.75) is 6.10 Å². The summed E-state index contributed by atoms with van der Waals surface area (Å²) in [6.07, 6.45) is 3.57. The fraction of sp³-hybridized carbons (Fsp3) is 0.0385. The van der Waals surface area contributed by atoms with E-state index in [1.165, 1.54) is 16.3 Å². The molecule has 2 aliphatic carbocycles. The van der Waals surface area contributed by atoms with E-state index in [1.54, 1.807) is 0 Å². The summed E-state index contributed by atoms with van der Waals surface area (Å²) in [5.74, 6) is 0.188. The minimum Gasteiger partial charge on any atom is -0.384 e. The van der Waals surface area contributed by atoms with E-state index in [-0.39, 0.29) is 5.96 Å². The first kappa shape index (κ1) is 17.0. The van der Waals surface area contributed by atoms with Gasteiger partial charge in [0.1, 0.15) is 6.10 Å². The largest absolute Gasteiger partial charge is 0.384 e. The van der Waals surface area contributed by atoms with Crippen molar-refractivity contribution >= 4 is 40.3 Å². The third-order valence-corrected chi connectivity index (χ3v) is 5.97. The quantitative estimate of drug-likeness (QED) is 0.226. The molecule has 0 fully saturated rings. The molecule has 4 N–H and O–H groups in total. The molecule has 0 saturated carbocycles. The molecule has 0 amide bonds. The normalized spacial score (nSPS) is 15.2. The number of anilines is 2. The molecule has 6 rings (SSSR count). The molecule has 0 saturated heterocycles. The second-order valence-corrected chi connectivity index (χ2v) is 7.72. The average Bonchev–Trinajstić information content (AvgIpc) is 3.32. The zero-order chi connectivity index (χ0) is 20.2. The molecule has 0 aliphatic heterocycles. The van der Waals surface area contributed by atoms with Gasteiger partial charge in [-0.1, -0.05) is 66.7 Å². The van der Waals surface area contributed by atoms with Crippen molar-refractivity contribution in [2.24, 2.45) is 0 Å². The Morgan fingerprint density at radius 2 is 1.67 bits per heavy atom. The van der Waals surface area contributed by atoms with Crippen LogP contribution in [0.15, 0.2) is 72.8 Å². The summed E-state index contributed by atoms with van der Waals surface area (Å²) in [7, 11) is 0. The van der Waals surface area contributed by atoms with Crippen molar-refractivity contribution in [1.82, 2.24) is 0 Å². The lowest BCUT2D eigenvalue weighted by Gasteiger charge is -2.15. The fourth-order valence-electron chi connectivity index (χ4n) is 4.60. The maximum Gasteiger partial charge on any atom is 0.197 e. The lowest BCUT2D eigenvalue weighted by Crippen LogP contribution is -2.21. The van der Waals surface area contributed by atoms with Crippen LogP contribution in [0.4, 0.5) is 11.4 Å². The maximum absolute atomic E-state index is 10.7. The zero-order valence-electron chi connectivity index (χ0n) is 16.1. The molecular formula is C26H19N3O. The number of hydrogen-bond acceptors (Lipinski definition) is 2. The van der Waals surface area contributed by atoms with E-state index in [4.69, 9.17) is 5.41 Å². The highest BCUT2D eigenvalue weighted by Crippen LogP contribution is 2.44. The molecule has 0 radical (unpaired) electrons. The molecular weight excluding hydrogens is 370 g/mol.